The third-order valence-corrected chi connectivity index (χ3v) is 6.55. The predicted octanol–water partition coefficient (Wildman–Crippen LogP) is 5.92. The fourth-order valence-electron chi connectivity index (χ4n) is 5.06. The summed E-state index contributed by atoms with van der Waals surface area (Å²) < 4.78 is 0. The molecule has 1 heterocycles. The summed E-state index contributed by atoms with van der Waals surface area (Å²) in [6, 6.07) is 16.7. The molecule has 2 aromatic carbocycles. The van der Waals surface area contributed by atoms with Crippen LogP contribution in [-0.2, 0) is 9.59 Å². The lowest BCUT2D eigenvalue weighted by molar-refractivity contribution is -0.139. The van der Waals surface area contributed by atoms with Gasteiger partial charge in [0.2, 0.25) is 11.8 Å². The number of rotatable bonds is 9. The van der Waals surface area contributed by atoms with Crippen molar-refractivity contribution in [3.8, 4) is 11.1 Å². The van der Waals surface area contributed by atoms with E-state index in [4.69, 9.17) is 0 Å². The largest absolute Gasteiger partial charge is 0.282 e. The Bertz CT molecular complexity index is 842. The molecule has 1 atom stereocenters. The predicted molar refractivity (Wildman–Crippen MR) is 117 cm³/mol. The van der Waals surface area contributed by atoms with Gasteiger partial charge < -0.3 is 0 Å². The summed E-state index contributed by atoms with van der Waals surface area (Å²) in [5, 5.41) is 0. The molecule has 1 saturated heterocycles. The van der Waals surface area contributed by atoms with Gasteiger partial charge in [-0.3, -0.25) is 14.5 Å². The van der Waals surface area contributed by atoms with Crippen molar-refractivity contribution in [2.45, 2.75) is 64.2 Å². The van der Waals surface area contributed by atoms with Crippen molar-refractivity contribution in [2.75, 3.05) is 6.54 Å². The molecule has 0 spiro atoms. The van der Waals surface area contributed by atoms with Gasteiger partial charge in [-0.15, -0.1) is 0 Å². The van der Waals surface area contributed by atoms with Crippen LogP contribution in [-0.4, -0.2) is 23.3 Å². The van der Waals surface area contributed by atoms with Gasteiger partial charge in [-0.1, -0.05) is 94.0 Å². The van der Waals surface area contributed by atoms with E-state index < -0.39 is 0 Å². The van der Waals surface area contributed by atoms with Crippen molar-refractivity contribution in [2.24, 2.45) is 5.92 Å². The second-order valence-electron chi connectivity index (χ2n) is 8.47. The number of carbonyl (C=O) groups is 2. The first kappa shape index (κ1) is 19.9. The number of imide groups is 1. The molecule has 0 aromatic heterocycles. The molecular weight excluding hydrogens is 358 g/mol. The van der Waals surface area contributed by atoms with Crippen LogP contribution in [0.2, 0.25) is 0 Å². The third kappa shape index (κ3) is 3.88. The zero-order chi connectivity index (χ0) is 20.2. The zero-order valence-electron chi connectivity index (χ0n) is 17.4. The molecule has 152 valence electrons. The van der Waals surface area contributed by atoms with Crippen LogP contribution < -0.4 is 0 Å². The van der Waals surface area contributed by atoms with E-state index in [0.717, 1.165) is 12.8 Å². The average Bonchev–Trinajstić information content (AvgIpc) is 3.21. The third-order valence-electron chi connectivity index (χ3n) is 6.55. The molecule has 1 fully saturated rings. The lowest BCUT2D eigenvalue weighted by Gasteiger charge is -2.20. The number of fused-ring (bicyclic) bond motifs is 3. The topological polar surface area (TPSA) is 37.4 Å². The fraction of sp³-hybridized carbons (Fsp3) is 0.462. The second kappa shape index (κ2) is 8.94. The van der Waals surface area contributed by atoms with Crippen molar-refractivity contribution in [3.63, 3.8) is 0 Å². The minimum atomic E-state index is -0.267. The molecule has 0 N–H and O–H groups in total. The Hall–Kier alpha value is -2.42. The van der Waals surface area contributed by atoms with E-state index >= 15 is 0 Å². The number of hydrogen-bond acceptors (Lipinski definition) is 2. The number of carbonyl (C=O) groups excluding carboxylic acids is 2. The van der Waals surface area contributed by atoms with E-state index in [-0.39, 0.29) is 23.7 Å². The molecule has 2 aromatic rings. The van der Waals surface area contributed by atoms with Gasteiger partial charge in [0.15, 0.2) is 0 Å². The maximum Gasteiger partial charge on any atom is 0.233 e. The maximum atomic E-state index is 13.2. The minimum absolute atomic E-state index is 0.00195. The first-order valence-electron chi connectivity index (χ1n) is 11.2. The second-order valence-corrected chi connectivity index (χ2v) is 8.47. The number of likely N-dealkylation sites (tertiary alicyclic amines) is 1. The normalized spacial score (nSPS) is 18.4. The minimum Gasteiger partial charge on any atom is -0.282 e. The molecule has 2 amide bonds. The van der Waals surface area contributed by atoms with Crippen LogP contribution in [0.1, 0.15) is 75.3 Å². The molecule has 2 aliphatic rings. The van der Waals surface area contributed by atoms with Crippen LogP contribution in [0.4, 0.5) is 0 Å². The van der Waals surface area contributed by atoms with Gasteiger partial charge in [-0.05, 0) is 28.7 Å². The molecule has 1 unspecified atom stereocenters. The molecule has 3 heteroatoms. The van der Waals surface area contributed by atoms with Crippen molar-refractivity contribution in [1.29, 1.82) is 0 Å². The fourth-order valence-corrected chi connectivity index (χ4v) is 5.06. The highest BCUT2D eigenvalue weighted by Crippen LogP contribution is 2.50. The summed E-state index contributed by atoms with van der Waals surface area (Å²) >= 11 is 0. The van der Waals surface area contributed by atoms with E-state index in [9.17, 15) is 9.59 Å². The van der Waals surface area contributed by atoms with E-state index in [2.05, 4.69) is 31.2 Å². The SMILES string of the molecule is CCCCCCCCCN1C(=O)CC(C2c3ccccc3-c3ccccc32)C1=O. The Labute approximate surface area is 174 Å². The van der Waals surface area contributed by atoms with Gasteiger partial charge in [0.25, 0.3) is 0 Å². The van der Waals surface area contributed by atoms with E-state index in [1.165, 1.54) is 54.4 Å². The lowest BCUT2D eigenvalue weighted by Crippen LogP contribution is -2.32. The number of amides is 2. The highest BCUT2D eigenvalue weighted by molar-refractivity contribution is 6.04. The van der Waals surface area contributed by atoms with Gasteiger partial charge in [0.05, 0.1) is 5.92 Å². The summed E-state index contributed by atoms with van der Waals surface area (Å²) in [4.78, 5) is 27.5. The number of nitrogens with zero attached hydrogens (tertiary/aromatic N) is 1. The van der Waals surface area contributed by atoms with Gasteiger partial charge in [-0.25, -0.2) is 0 Å². The van der Waals surface area contributed by atoms with Gasteiger partial charge >= 0.3 is 0 Å². The Morgan fingerprint density at radius 3 is 1.97 bits per heavy atom. The molecule has 0 saturated carbocycles. The van der Waals surface area contributed by atoms with Crippen molar-refractivity contribution >= 4 is 11.8 Å². The number of unbranched alkanes of at least 4 members (excludes halogenated alkanes) is 6. The molecule has 0 radical (unpaired) electrons. The van der Waals surface area contributed by atoms with Crippen molar-refractivity contribution in [1.82, 2.24) is 4.90 Å². The van der Waals surface area contributed by atoms with Crippen LogP contribution in [0, 0.1) is 5.92 Å². The van der Waals surface area contributed by atoms with E-state index in [1.54, 1.807) is 4.90 Å². The van der Waals surface area contributed by atoms with E-state index in [0.29, 0.717) is 13.0 Å². The number of benzene rings is 2. The van der Waals surface area contributed by atoms with Crippen LogP contribution in [0.25, 0.3) is 11.1 Å². The Balaban J connectivity index is 1.44. The molecule has 1 aliphatic heterocycles. The summed E-state index contributed by atoms with van der Waals surface area (Å²) in [6.45, 7) is 2.81. The quantitative estimate of drug-likeness (QED) is 0.394. The van der Waals surface area contributed by atoms with Crippen LogP contribution in [0.3, 0.4) is 0 Å². The van der Waals surface area contributed by atoms with Gasteiger partial charge in [0, 0.05) is 18.9 Å². The molecule has 3 nitrogen and oxygen atoms in total. The summed E-state index contributed by atoms with van der Waals surface area (Å²) in [6.07, 6.45) is 8.66. The Morgan fingerprint density at radius 1 is 0.793 bits per heavy atom. The van der Waals surface area contributed by atoms with Crippen LogP contribution >= 0.6 is 0 Å². The Kier molecular flexibility index (Phi) is 6.13. The standard InChI is InChI=1S/C26H31NO2/c1-2-3-4-5-6-7-12-17-27-24(28)18-23(26(27)29)25-21-15-10-8-13-19(21)20-14-9-11-16-22(20)25/h8-11,13-16,23,25H,2-7,12,17-18H2,1H3. The zero-order valence-corrected chi connectivity index (χ0v) is 17.4. The highest BCUT2D eigenvalue weighted by Gasteiger charge is 2.46. The van der Waals surface area contributed by atoms with Gasteiger partial charge in [-0.2, -0.15) is 0 Å². The Morgan fingerprint density at radius 2 is 1.34 bits per heavy atom. The van der Waals surface area contributed by atoms with Crippen LogP contribution in [0.5, 0.6) is 0 Å². The number of hydrogen-bond donors (Lipinski definition) is 0. The summed E-state index contributed by atoms with van der Waals surface area (Å²) in [7, 11) is 0. The van der Waals surface area contributed by atoms with E-state index in [1.807, 2.05) is 24.3 Å². The summed E-state index contributed by atoms with van der Waals surface area (Å²) in [5.41, 5.74) is 4.80. The smallest absolute Gasteiger partial charge is 0.233 e. The maximum absolute atomic E-state index is 13.2. The monoisotopic (exact) mass is 389 g/mol. The highest BCUT2D eigenvalue weighted by atomic mass is 16.2. The van der Waals surface area contributed by atoms with Crippen molar-refractivity contribution < 1.29 is 9.59 Å². The molecule has 1 aliphatic carbocycles. The van der Waals surface area contributed by atoms with Crippen molar-refractivity contribution in [3.05, 3.63) is 59.7 Å². The molecule has 4 rings (SSSR count). The molecule has 29 heavy (non-hydrogen) atoms. The summed E-state index contributed by atoms with van der Waals surface area (Å²) in [5.74, 6) is -0.236. The first-order chi connectivity index (χ1) is 14.2. The first-order valence-corrected chi connectivity index (χ1v) is 11.2. The van der Waals surface area contributed by atoms with Gasteiger partial charge in [0.1, 0.15) is 0 Å². The molecular formula is C26H31NO2. The molecule has 0 bridgehead atoms. The lowest BCUT2D eigenvalue weighted by atomic mass is 9.83. The average molecular weight is 390 g/mol. The van der Waals surface area contributed by atoms with Crippen LogP contribution in [0.15, 0.2) is 48.5 Å².